The molecular weight excluding hydrogens is 312 g/mol. The van der Waals surface area contributed by atoms with E-state index in [4.69, 9.17) is 28.3 Å². The molecule has 0 aliphatic carbocycles. The van der Waals surface area contributed by atoms with E-state index in [-0.39, 0.29) is 27.1 Å². The lowest BCUT2D eigenvalue weighted by Crippen LogP contribution is -2.13. The van der Waals surface area contributed by atoms with Gasteiger partial charge in [-0.25, -0.2) is 9.18 Å². The summed E-state index contributed by atoms with van der Waals surface area (Å²) in [4.78, 5) is 22.5. The molecule has 1 aromatic heterocycles. The standard InChI is InChI=1S/C11H6Cl2FN3O3/c12-5-2-6(13)7(14)1-4(5)10(18)15-9-3-8(11(19)20)16-17-9/h1-3H,(H,19,20)(H2,15,16,17,18). The molecule has 0 saturated carbocycles. The van der Waals surface area contributed by atoms with Crippen LogP contribution in [0, 0.1) is 5.82 Å². The third kappa shape index (κ3) is 2.89. The van der Waals surface area contributed by atoms with Crippen LogP contribution in [-0.4, -0.2) is 27.2 Å². The summed E-state index contributed by atoms with van der Waals surface area (Å²) in [7, 11) is 0. The number of carbonyl (C=O) groups is 2. The van der Waals surface area contributed by atoms with Gasteiger partial charge in [0.15, 0.2) is 5.82 Å². The van der Waals surface area contributed by atoms with Gasteiger partial charge in [0.25, 0.3) is 5.91 Å². The molecule has 1 aromatic carbocycles. The fourth-order valence-electron chi connectivity index (χ4n) is 1.38. The molecule has 0 fully saturated rings. The summed E-state index contributed by atoms with van der Waals surface area (Å²) in [6, 6.07) is 3.09. The summed E-state index contributed by atoms with van der Waals surface area (Å²) in [5, 5.41) is 16.5. The molecule has 1 amide bonds. The molecule has 20 heavy (non-hydrogen) atoms. The second-order valence-corrected chi connectivity index (χ2v) is 4.49. The Balaban J connectivity index is 2.23. The number of nitrogens with zero attached hydrogens (tertiary/aromatic N) is 1. The van der Waals surface area contributed by atoms with Gasteiger partial charge in [0.05, 0.1) is 15.6 Å². The number of benzene rings is 1. The van der Waals surface area contributed by atoms with Crippen molar-refractivity contribution in [2.45, 2.75) is 0 Å². The van der Waals surface area contributed by atoms with Crippen LogP contribution in [0.1, 0.15) is 20.8 Å². The maximum Gasteiger partial charge on any atom is 0.353 e. The van der Waals surface area contributed by atoms with Gasteiger partial charge in [-0.15, -0.1) is 0 Å². The van der Waals surface area contributed by atoms with E-state index < -0.39 is 17.7 Å². The molecule has 0 aliphatic heterocycles. The van der Waals surface area contributed by atoms with E-state index in [1.54, 1.807) is 0 Å². The van der Waals surface area contributed by atoms with Crippen molar-refractivity contribution >= 4 is 40.9 Å². The predicted molar refractivity (Wildman–Crippen MR) is 69.9 cm³/mol. The van der Waals surface area contributed by atoms with Gasteiger partial charge in [0, 0.05) is 6.07 Å². The highest BCUT2D eigenvalue weighted by molar-refractivity contribution is 6.37. The third-order valence-corrected chi connectivity index (χ3v) is 2.91. The second kappa shape index (κ2) is 5.48. The number of hydrogen-bond donors (Lipinski definition) is 3. The third-order valence-electron chi connectivity index (χ3n) is 2.30. The number of rotatable bonds is 3. The van der Waals surface area contributed by atoms with E-state index in [0.29, 0.717) is 0 Å². The Morgan fingerprint density at radius 1 is 1.25 bits per heavy atom. The van der Waals surface area contributed by atoms with Gasteiger partial charge in [0.2, 0.25) is 0 Å². The van der Waals surface area contributed by atoms with Crippen molar-refractivity contribution in [3.63, 3.8) is 0 Å². The number of carbonyl (C=O) groups excluding carboxylic acids is 1. The smallest absolute Gasteiger partial charge is 0.353 e. The van der Waals surface area contributed by atoms with Gasteiger partial charge in [-0.05, 0) is 12.1 Å². The van der Waals surface area contributed by atoms with Crippen molar-refractivity contribution in [2.24, 2.45) is 0 Å². The fourth-order valence-corrected chi connectivity index (χ4v) is 1.84. The Hall–Kier alpha value is -2.12. The zero-order valence-corrected chi connectivity index (χ0v) is 11.1. The van der Waals surface area contributed by atoms with E-state index in [1.807, 2.05) is 0 Å². The molecule has 0 saturated heterocycles. The maximum absolute atomic E-state index is 13.3. The van der Waals surface area contributed by atoms with E-state index in [1.165, 1.54) is 0 Å². The summed E-state index contributed by atoms with van der Waals surface area (Å²) in [5.74, 6) is -2.80. The topological polar surface area (TPSA) is 95.1 Å². The Bertz CT molecular complexity index is 702. The van der Waals surface area contributed by atoms with Crippen LogP contribution < -0.4 is 5.32 Å². The lowest BCUT2D eigenvalue weighted by molar-refractivity contribution is 0.0690. The summed E-state index contributed by atoms with van der Waals surface area (Å²) in [5.41, 5.74) is -0.345. The molecule has 2 aromatic rings. The first-order valence-electron chi connectivity index (χ1n) is 5.13. The fraction of sp³-hybridized carbons (Fsp3) is 0. The van der Waals surface area contributed by atoms with Crippen molar-refractivity contribution < 1.29 is 19.1 Å². The zero-order chi connectivity index (χ0) is 14.9. The number of nitrogens with one attached hydrogen (secondary N) is 2. The molecule has 2 rings (SSSR count). The SMILES string of the molecule is O=C(O)c1cc(NC(=O)c2cc(F)c(Cl)cc2Cl)n[nH]1. The summed E-state index contributed by atoms with van der Waals surface area (Å²) in [6.45, 7) is 0. The molecule has 3 N–H and O–H groups in total. The minimum absolute atomic E-state index is 0.0289. The van der Waals surface area contributed by atoms with Crippen molar-refractivity contribution in [3.05, 3.63) is 45.3 Å². The summed E-state index contributed by atoms with van der Waals surface area (Å²) in [6.07, 6.45) is 0. The molecule has 9 heteroatoms. The molecular formula is C11H6Cl2FN3O3. The Labute approximate surface area is 121 Å². The Kier molecular flexibility index (Phi) is 3.91. The van der Waals surface area contributed by atoms with Gasteiger partial charge < -0.3 is 10.4 Å². The number of halogens is 3. The van der Waals surface area contributed by atoms with Crippen molar-refractivity contribution in [3.8, 4) is 0 Å². The number of aromatic amines is 1. The van der Waals surface area contributed by atoms with Crippen LogP contribution in [0.5, 0.6) is 0 Å². The first-order valence-corrected chi connectivity index (χ1v) is 5.88. The number of aromatic carboxylic acids is 1. The maximum atomic E-state index is 13.3. The van der Waals surface area contributed by atoms with Crippen LogP contribution in [0.4, 0.5) is 10.2 Å². The molecule has 0 unspecified atom stereocenters. The second-order valence-electron chi connectivity index (χ2n) is 3.67. The number of anilines is 1. The normalized spacial score (nSPS) is 10.3. The zero-order valence-electron chi connectivity index (χ0n) is 9.58. The first kappa shape index (κ1) is 14.3. The van der Waals surface area contributed by atoms with E-state index in [2.05, 4.69) is 15.5 Å². The average molecular weight is 318 g/mol. The van der Waals surface area contributed by atoms with Gasteiger partial charge in [-0.2, -0.15) is 5.10 Å². The molecule has 104 valence electrons. The highest BCUT2D eigenvalue weighted by Crippen LogP contribution is 2.25. The van der Waals surface area contributed by atoms with Gasteiger partial charge >= 0.3 is 5.97 Å². The van der Waals surface area contributed by atoms with Gasteiger partial charge in [-0.1, -0.05) is 23.2 Å². The number of aromatic nitrogens is 2. The molecule has 6 nitrogen and oxygen atoms in total. The van der Waals surface area contributed by atoms with Crippen molar-refractivity contribution in [2.75, 3.05) is 5.32 Å². The van der Waals surface area contributed by atoms with E-state index in [0.717, 1.165) is 18.2 Å². The lowest BCUT2D eigenvalue weighted by Gasteiger charge is -2.05. The quantitative estimate of drug-likeness (QED) is 0.758. The van der Waals surface area contributed by atoms with Crippen molar-refractivity contribution in [1.29, 1.82) is 0 Å². The Morgan fingerprint density at radius 3 is 2.55 bits per heavy atom. The van der Waals surface area contributed by atoms with Crippen LogP contribution in [-0.2, 0) is 0 Å². The summed E-state index contributed by atoms with van der Waals surface area (Å²) < 4.78 is 13.3. The molecule has 0 radical (unpaired) electrons. The highest BCUT2D eigenvalue weighted by Gasteiger charge is 2.16. The first-order chi connectivity index (χ1) is 9.38. The molecule has 0 bridgehead atoms. The minimum atomic E-state index is -1.23. The number of H-pyrrole nitrogens is 1. The van der Waals surface area contributed by atoms with Crippen LogP contribution in [0.2, 0.25) is 10.0 Å². The van der Waals surface area contributed by atoms with Crippen LogP contribution >= 0.6 is 23.2 Å². The lowest BCUT2D eigenvalue weighted by atomic mass is 10.2. The van der Waals surface area contributed by atoms with Crippen LogP contribution in [0.3, 0.4) is 0 Å². The molecule has 0 spiro atoms. The van der Waals surface area contributed by atoms with E-state index in [9.17, 15) is 14.0 Å². The van der Waals surface area contributed by atoms with Gasteiger partial charge in [-0.3, -0.25) is 9.89 Å². The van der Waals surface area contributed by atoms with Crippen LogP contribution in [0.15, 0.2) is 18.2 Å². The number of hydrogen-bond acceptors (Lipinski definition) is 3. The molecule has 1 heterocycles. The number of carboxylic acids is 1. The van der Waals surface area contributed by atoms with Crippen LogP contribution in [0.25, 0.3) is 0 Å². The highest BCUT2D eigenvalue weighted by atomic mass is 35.5. The molecule has 0 atom stereocenters. The predicted octanol–water partition coefficient (Wildman–Crippen LogP) is 2.81. The molecule has 0 aliphatic rings. The number of amides is 1. The largest absolute Gasteiger partial charge is 0.477 e. The van der Waals surface area contributed by atoms with Gasteiger partial charge in [0.1, 0.15) is 11.5 Å². The summed E-state index contributed by atoms with van der Waals surface area (Å²) >= 11 is 11.3. The number of carboxylic acid groups (broad SMARTS) is 1. The van der Waals surface area contributed by atoms with Crippen molar-refractivity contribution in [1.82, 2.24) is 10.2 Å². The minimum Gasteiger partial charge on any atom is -0.477 e. The monoisotopic (exact) mass is 317 g/mol. The Morgan fingerprint density at radius 2 is 1.95 bits per heavy atom. The average Bonchev–Trinajstić information content (AvgIpc) is 2.82. The van der Waals surface area contributed by atoms with E-state index >= 15 is 0 Å².